The summed E-state index contributed by atoms with van der Waals surface area (Å²) < 4.78 is 23.8. The molecular formula is C12H14F2. The molecule has 0 unspecified atom stereocenters. The maximum Gasteiger partial charge on any atom is 0.131 e. The number of benzene rings is 1. The molecule has 2 radical (unpaired) electrons. The summed E-state index contributed by atoms with van der Waals surface area (Å²) in [7, 11) is 0. The molecular weight excluding hydrogens is 182 g/mol. The lowest BCUT2D eigenvalue weighted by Crippen LogP contribution is -1.87. The van der Waals surface area contributed by atoms with Crippen LogP contribution >= 0.6 is 0 Å². The predicted octanol–water partition coefficient (Wildman–Crippen LogP) is 3.92. The van der Waals surface area contributed by atoms with E-state index in [9.17, 15) is 8.78 Å². The zero-order chi connectivity index (χ0) is 10.2. The normalized spacial score (nSPS) is 15.6. The van der Waals surface area contributed by atoms with Gasteiger partial charge in [-0.15, -0.1) is 0 Å². The molecule has 0 aromatic heterocycles. The molecule has 0 amide bonds. The predicted molar refractivity (Wildman–Crippen MR) is 52.6 cm³/mol. The van der Waals surface area contributed by atoms with Gasteiger partial charge in [0.05, 0.1) is 0 Å². The molecule has 76 valence electrons. The highest BCUT2D eigenvalue weighted by atomic mass is 19.1. The second-order valence-electron chi connectivity index (χ2n) is 3.28. The summed E-state index contributed by atoms with van der Waals surface area (Å²) in [6.45, 7) is 0. The van der Waals surface area contributed by atoms with Crippen LogP contribution in [0.4, 0.5) is 8.78 Å². The van der Waals surface area contributed by atoms with E-state index < -0.39 is 11.6 Å². The van der Waals surface area contributed by atoms with Crippen molar-refractivity contribution in [3.05, 3.63) is 42.3 Å². The van der Waals surface area contributed by atoms with Gasteiger partial charge in [0, 0.05) is 6.07 Å². The molecule has 1 aliphatic rings. The van der Waals surface area contributed by atoms with Gasteiger partial charge in [-0.2, -0.15) is 0 Å². The van der Waals surface area contributed by atoms with Crippen LogP contribution in [-0.2, 0) is 0 Å². The third-order valence-corrected chi connectivity index (χ3v) is 2.05. The molecule has 0 spiro atoms. The second-order valence-corrected chi connectivity index (χ2v) is 3.28. The van der Waals surface area contributed by atoms with Crippen LogP contribution in [0.1, 0.15) is 32.1 Å². The summed E-state index contributed by atoms with van der Waals surface area (Å²) in [5, 5.41) is 0. The highest BCUT2D eigenvalue weighted by molar-refractivity contribution is 5.03. The Labute approximate surface area is 84.0 Å². The van der Waals surface area contributed by atoms with Crippen LogP contribution in [0.3, 0.4) is 0 Å². The van der Waals surface area contributed by atoms with Crippen LogP contribution in [0.2, 0.25) is 0 Å². The number of rotatable bonds is 0. The average molecular weight is 196 g/mol. The van der Waals surface area contributed by atoms with E-state index in [1.165, 1.54) is 32.1 Å². The third-order valence-electron chi connectivity index (χ3n) is 2.05. The van der Waals surface area contributed by atoms with Crippen molar-refractivity contribution in [2.24, 2.45) is 0 Å². The van der Waals surface area contributed by atoms with Gasteiger partial charge < -0.3 is 0 Å². The molecule has 0 heterocycles. The fourth-order valence-electron chi connectivity index (χ4n) is 1.29. The van der Waals surface area contributed by atoms with Gasteiger partial charge in [0.25, 0.3) is 0 Å². The van der Waals surface area contributed by atoms with E-state index in [-0.39, 0.29) is 0 Å². The van der Waals surface area contributed by atoms with Crippen LogP contribution in [0, 0.1) is 24.1 Å². The Kier molecular flexibility index (Phi) is 5.20. The zero-order valence-electron chi connectivity index (χ0n) is 8.10. The molecule has 1 fully saturated rings. The summed E-state index contributed by atoms with van der Waals surface area (Å²) in [6, 6.07) is 5.08. The highest BCUT2D eigenvalue weighted by Crippen LogP contribution is 2.14. The van der Waals surface area contributed by atoms with Gasteiger partial charge in [-0.05, 0) is 24.6 Å². The first-order valence-electron chi connectivity index (χ1n) is 4.93. The second kappa shape index (κ2) is 6.52. The molecule has 0 N–H and O–H groups in total. The van der Waals surface area contributed by atoms with Gasteiger partial charge in [-0.1, -0.05) is 32.1 Å². The first-order chi connectivity index (χ1) is 6.79. The number of hydrogen-bond acceptors (Lipinski definition) is 0. The third kappa shape index (κ3) is 4.95. The maximum absolute atomic E-state index is 11.9. The average Bonchev–Trinajstić information content (AvgIpc) is 2.26. The van der Waals surface area contributed by atoms with Crippen molar-refractivity contribution < 1.29 is 8.78 Å². The van der Waals surface area contributed by atoms with Gasteiger partial charge in [0.15, 0.2) is 0 Å². The van der Waals surface area contributed by atoms with Gasteiger partial charge in [-0.3, -0.25) is 0 Å². The first kappa shape index (κ1) is 11.2. The van der Waals surface area contributed by atoms with Gasteiger partial charge >= 0.3 is 0 Å². The lowest BCUT2D eigenvalue weighted by atomic mass is 10.0. The smallest absolute Gasteiger partial charge is 0.131 e. The summed E-state index contributed by atoms with van der Waals surface area (Å²) in [5.74, 6) is -1.00. The van der Waals surface area contributed by atoms with E-state index in [0.29, 0.717) is 0 Å². The molecule has 1 aliphatic carbocycles. The van der Waals surface area contributed by atoms with Crippen LogP contribution in [0.5, 0.6) is 0 Å². The Balaban J connectivity index is 0.000000146. The molecule has 0 saturated heterocycles. The molecule has 1 saturated carbocycles. The summed E-state index contributed by atoms with van der Waals surface area (Å²) in [6.07, 6.45) is 9.50. The molecule has 0 bridgehead atoms. The molecule has 2 heteroatoms. The standard InChI is InChI=1S/C6H3F2.C6H11/c7-5-1-2-6(8)4-3-5;1-2-4-6-5-3-1/h1-3H;1H,2-6H2. The molecule has 0 atom stereocenters. The van der Waals surface area contributed by atoms with E-state index >= 15 is 0 Å². The Bertz CT molecular complexity index is 204. The van der Waals surface area contributed by atoms with Crippen LogP contribution in [0.15, 0.2) is 18.2 Å². The topological polar surface area (TPSA) is 0 Å². The largest absolute Gasteiger partial charge is 0.207 e. The highest BCUT2D eigenvalue weighted by Gasteiger charge is 1.95. The Morgan fingerprint density at radius 2 is 1.71 bits per heavy atom. The van der Waals surface area contributed by atoms with Crippen LogP contribution < -0.4 is 0 Å². The van der Waals surface area contributed by atoms with Crippen LogP contribution in [-0.4, -0.2) is 0 Å². The van der Waals surface area contributed by atoms with Crippen molar-refractivity contribution in [2.45, 2.75) is 32.1 Å². The lowest BCUT2D eigenvalue weighted by Gasteiger charge is -2.05. The summed E-state index contributed by atoms with van der Waals surface area (Å²) in [5.41, 5.74) is 0. The molecule has 0 nitrogen and oxygen atoms in total. The minimum absolute atomic E-state index is 0.466. The van der Waals surface area contributed by atoms with Crippen molar-refractivity contribution in [3.8, 4) is 0 Å². The van der Waals surface area contributed by atoms with E-state index in [1.807, 2.05) is 0 Å². The zero-order valence-corrected chi connectivity index (χ0v) is 8.10. The fourth-order valence-corrected chi connectivity index (χ4v) is 1.29. The minimum Gasteiger partial charge on any atom is -0.207 e. The fraction of sp³-hybridized carbons (Fsp3) is 0.417. The summed E-state index contributed by atoms with van der Waals surface area (Å²) >= 11 is 0. The number of halogens is 2. The molecule has 0 aliphatic heterocycles. The lowest BCUT2D eigenvalue weighted by molar-refractivity contribution is 0.593. The van der Waals surface area contributed by atoms with Gasteiger partial charge in [0.1, 0.15) is 11.6 Å². The minimum atomic E-state index is -0.536. The Hall–Kier alpha value is -0.920. The number of hydrogen-bond donors (Lipinski definition) is 0. The molecule has 2 rings (SSSR count). The monoisotopic (exact) mass is 196 g/mol. The van der Waals surface area contributed by atoms with Crippen LogP contribution in [0.25, 0.3) is 0 Å². The molecule has 1 aromatic rings. The SMILES string of the molecule is Fc1[c]cc(F)cc1.[CH]1CCCCC1. The Morgan fingerprint density at radius 3 is 2.00 bits per heavy atom. The van der Waals surface area contributed by atoms with Crippen molar-refractivity contribution >= 4 is 0 Å². The van der Waals surface area contributed by atoms with E-state index in [1.54, 1.807) is 0 Å². The van der Waals surface area contributed by atoms with E-state index in [4.69, 9.17) is 0 Å². The van der Waals surface area contributed by atoms with E-state index in [0.717, 1.165) is 18.2 Å². The quantitative estimate of drug-likeness (QED) is 0.590. The Morgan fingerprint density at radius 1 is 1.00 bits per heavy atom. The molecule has 1 aromatic carbocycles. The van der Waals surface area contributed by atoms with Gasteiger partial charge in [0.2, 0.25) is 0 Å². The van der Waals surface area contributed by atoms with Crippen molar-refractivity contribution in [3.63, 3.8) is 0 Å². The van der Waals surface area contributed by atoms with Gasteiger partial charge in [-0.25, -0.2) is 8.78 Å². The molecule has 14 heavy (non-hydrogen) atoms. The first-order valence-corrected chi connectivity index (χ1v) is 4.93. The van der Waals surface area contributed by atoms with Crippen molar-refractivity contribution in [1.82, 2.24) is 0 Å². The van der Waals surface area contributed by atoms with E-state index in [2.05, 4.69) is 12.5 Å². The van der Waals surface area contributed by atoms with Crippen molar-refractivity contribution in [2.75, 3.05) is 0 Å². The van der Waals surface area contributed by atoms with Crippen molar-refractivity contribution in [1.29, 1.82) is 0 Å². The maximum atomic E-state index is 11.9. The summed E-state index contributed by atoms with van der Waals surface area (Å²) in [4.78, 5) is 0.